The molecular weight excluding hydrogens is 354 g/mol. The van der Waals surface area contributed by atoms with Crippen LogP contribution in [0.2, 0.25) is 0 Å². The summed E-state index contributed by atoms with van der Waals surface area (Å²) in [5, 5.41) is 17.0. The molecule has 3 atom stereocenters. The van der Waals surface area contributed by atoms with Gasteiger partial charge < -0.3 is 10.0 Å². The molecule has 4 aliphatic heterocycles. The number of piperidine rings is 3. The van der Waals surface area contributed by atoms with Crippen molar-refractivity contribution < 1.29 is 9.90 Å². The molecule has 2 N–H and O–H groups in total. The number of benzene rings is 1. The summed E-state index contributed by atoms with van der Waals surface area (Å²) in [6.45, 7) is 4.85. The monoisotopic (exact) mass is 381 g/mol. The fourth-order valence-corrected chi connectivity index (χ4v) is 5.62. The van der Waals surface area contributed by atoms with Crippen molar-refractivity contribution in [2.75, 3.05) is 19.6 Å². The number of nitrogens with one attached hydrogen (secondary N) is 1. The predicted molar refractivity (Wildman–Crippen MR) is 104 cm³/mol. The average molecular weight is 381 g/mol. The van der Waals surface area contributed by atoms with Gasteiger partial charge in [0.25, 0.3) is 0 Å². The third-order valence-electron chi connectivity index (χ3n) is 6.82. The maximum absolute atomic E-state index is 13.2. The quantitative estimate of drug-likeness (QED) is 0.844. The number of phenols is 1. The van der Waals surface area contributed by atoms with Crippen LogP contribution in [0.15, 0.2) is 24.3 Å². The number of phenolic OH excluding ortho intramolecular Hbond substituents is 1. The van der Waals surface area contributed by atoms with Crippen LogP contribution in [0.5, 0.6) is 5.75 Å². The predicted octanol–water partition coefficient (Wildman–Crippen LogP) is 1.84. The van der Waals surface area contributed by atoms with Gasteiger partial charge in [0.2, 0.25) is 5.91 Å². The first-order valence-electron chi connectivity index (χ1n) is 10.3. The van der Waals surface area contributed by atoms with Gasteiger partial charge in [-0.3, -0.25) is 14.8 Å². The second kappa shape index (κ2) is 6.88. The summed E-state index contributed by atoms with van der Waals surface area (Å²) in [4.78, 5) is 22.2. The molecule has 28 heavy (non-hydrogen) atoms. The summed E-state index contributed by atoms with van der Waals surface area (Å²) in [6.07, 6.45) is 3.37. The molecule has 0 spiro atoms. The fourth-order valence-electron chi connectivity index (χ4n) is 5.62. The molecule has 5 heterocycles. The van der Waals surface area contributed by atoms with Gasteiger partial charge in [0.05, 0.1) is 6.04 Å². The number of aromatic amines is 1. The van der Waals surface area contributed by atoms with Crippen molar-refractivity contribution >= 4 is 5.91 Å². The molecule has 6 rings (SSSR count). The SMILES string of the molecule is Cc1nc(CCC(=O)N2C[C@@H](c3cccc(O)c3)[C@@H]3[C@H]2C2CCN3CC2)n[nH]1. The van der Waals surface area contributed by atoms with Crippen LogP contribution in [0.1, 0.15) is 42.4 Å². The summed E-state index contributed by atoms with van der Waals surface area (Å²) >= 11 is 0. The van der Waals surface area contributed by atoms with Gasteiger partial charge in [0.1, 0.15) is 11.6 Å². The Morgan fingerprint density at radius 2 is 2.11 bits per heavy atom. The minimum Gasteiger partial charge on any atom is -0.508 e. The van der Waals surface area contributed by atoms with E-state index in [4.69, 9.17) is 0 Å². The topological polar surface area (TPSA) is 85.3 Å². The van der Waals surface area contributed by atoms with Crippen LogP contribution in [0.3, 0.4) is 0 Å². The molecule has 0 unspecified atom stereocenters. The highest BCUT2D eigenvalue weighted by molar-refractivity contribution is 5.77. The Morgan fingerprint density at radius 1 is 1.29 bits per heavy atom. The summed E-state index contributed by atoms with van der Waals surface area (Å²) in [5.41, 5.74) is 1.14. The van der Waals surface area contributed by atoms with Gasteiger partial charge in [-0.25, -0.2) is 4.98 Å². The summed E-state index contributed by atoms with van der Waals surface area (Å²) in [6, 6.07) is 8.24. The highest BCUT2D eigenvalue weighted by atomic mass is 16.3. The van der Waals surface area contributed by atoms with Crippen molar-refractivity contribution in [2.45, 2.75) is 50.6 Å². The number of amides is 1. The number of likely N-dealkylation sites (tertiary alicyclic amines) is 1. The fraction of sp³-hybridized carbons (Fsp3) is 0.571. The third kappa shape index (κ3) is 2.98. The maximum Gasteiger partial charge on any atom is 0.223 e. The molecule has 4 saturated heterocycles. The second-order valence-electron chi connectivity index (χ2n) is 8.44. The molecule has 4 aliphatic rings. The summed E-state index contributed by atoms with van der Waals surface area (Å²) in [5.74, 6) is 2.84. The normalized spacial score (nSPS) is 31.2. The number of rotatable bonds is 4. The Bertz CT molecular complexity index is 873. The Labute approximate surface area is 164 Å². The minimum absolute atomic E-state index is 0.203. The molecule has 2 aromatic rings. The first-order valence-corrected chi connectivity index (χ1v) is 10.3. The van der Waals surface area contributed by atoms with Crippen LogP contribution in [-0.4, -0.2) is 67.7 Å². The highest BCUT2D eigenvalue weighted by Crippen LogP contribution is 2.47. The molecule has 0 saturated carbocycles. The van der Waals surface area contributed by atoms with Crippen molar-refractivity contribution in [1.82, 2.24) is 25.0 Å². The molecule has 1 aromatic carbocycles. The zero-order chi connectivity index (χ0) is 19.3. The molecule has 2 bridgehead atoms. The van der Waals surface area contributed by atoms with Gasteiger partial charge in [0, 0.05) is 31.3 Å². The smallest absolute Gasteiger partial charge is 0.223 e. The zero-order valence-corrected chi connectivity index (χ0v) is 16.2. The first kappa shape index (κ1) is 17.7. The van der Waals surface area contributed by atoms with Crippen LogP contribution in [0.25, 0.3) is 0 Å². The Hall–Kier alpha value is -2.41. The number of carbonyl (C=O) groups is 1. The lowest BCUT2D eigenvalue weighted by molar-refractivity contribution is -0.136. The number of carbonyl (C=O) groups excluding carboxylic acids is 1. The van der Waals surface area contributed by atoms with Crippen molar-refractivity contribution in [3.63, 3.8) is 0 Å². The lowest BCUT2D eigenvalue weighted by atomic mass is 9.75. The van der Waals surface area contributed by atoms with Gasteiger partial charge in [-0.15, -0.1) is 0 Å². The van der Waals surface area contributed by atoms with Crippen LogP contribution in [-0.2, 0) is 11.2 Å². The Kier molecular flexibility index (Phi) is 4.34. The lowest BCUT2D eigenvalue weighted by Gasteiger charge is -2.51. The van der Waals surface area contributed by atoms with Crippen molar-refractivity contribution in [3.8, 4) is 5.75 Å². The Balaban J connectivity index is 1.39. The van der Waals surface area contributed by atoms with Crippen LogP contribution < -0.4 is 0 Å². The third-order valence-corrected chi connectivity index (χ3v) is 6.82. The number of H-pyrrole nitrogens is 1. The van der Waals surface area contributed by atoms with E-state index in [0.717, 1.165) is 31.0 Å². The van der Waals surface area contributed by atoms with Crippen LogP contribution in [0, 0.1) is 12.8 Å². The maximum atomic E-state index is 13.2. The van der Waals surface area contributed by atoms with Crippen molar-refractivity contribution in [1.29, 1.82) is 0 Å². The van der Waals surface area contributed by atoms with E-state index >= 15 is 0 Å². The van der Waals surface area contributed by atoms with Gasteiger partial charge in [-0.05, 0) is 56.5 Å². The van der Waals surface area contributed by atoms with Gasteiger partial charge in [-0.2, -0.15) is 5.10 Å². The molecule has 7 heteroatoms. The average Bonchev–Trinajstić information content (AvgIpc) is 3.32. The van der Waals surface area contributed by atoms with E-state index in [1.165, 1.54) is 12.8 Å². The number of aromatic nitrogens is 3. The van der Waals surface area contributed by atoms with Crippen LogP contribution >= 0.6 is 0 Å². The second-order valence-corrected chi connectivity index (χ2v) is 8.44. The number of fused-ring (bicyclic) bond motifs is 2. The van der Waals surface area contributed by atoms with Crippen LogP contribution in [0.4, 0.5) is 0 Å². The summed E-state index contributed by atoms with van der Waals surface area (Å²) in [7, 11) is 0. The highest BCUT2D eigenvalue weighted by Gasteiger charge is 2.54. The molecule has 7 nitrogen and oxygen atoms in total. The number of aryl methyl sites for hydroxylation is 2. The summed E-state index contributed by atoms with van der Waals surface area (Å²) < 4.78 is 0. The van der Waals surface area contributed by atoms with Crippen molar-refractivity contribution in [3.05, 3.63) is 41.5 Å². The number of aromatic hydroxyl groups is 1. The van der Waals surface area contributed by atoms with E-state index < -0.39 is 0 Å². The van der Waals surface area contributed by atoms with Crippen molar-refractivity contribution in [2.24, 2.45) is 5.92 Å². The molecular formula is C21H27N5O2. The first-order chi connectivity index (χ1) is 13.6. The molecule has 1 amide bonds. The number of hydrogen-bond donors (Lipinski definition) is 2. The minimum atomic E-state index is 0.203. The van der Waals surface area contributed by atoms with Gasteiger partial charge in [0.15, 0.2) is 5.82 Å². The largest absolute Gasteiger partial charge is 0.508 e. The van der Waals surface area contributed by atoms with E-state index in [-0.39, 0.29) is 17.9 Å². The zero-order valence-electron chi connectivity index (χ0n) is 16.2. The number of hydrogen-bond acceptors (Lipinski definition) is 5. The van der Waals surface area contributed by atoms with E-state index in [0.29, 0.717) is 36.4 Å². The number of nitrogens with zero attached hydrogens (tertiary/aromatic N) is 4. The molecule has 0 radical (unpaired) electrons. The lowest BCUT2D eigenvalue weighted by Crippen LogP contribution is -2.60. The van der Waals surface area contributed by atoms with E-state index in [1.54, 1.807) is 6.07 Å². The van der Waals surface area contributed by atoms with Gasteiger partial charge in [-0.1, -0.05) is 12.1 Å². The van der Waals surface area contributed by atoms with E-state index in [2.05, 4.69) is 31.0 Å². The molecule has 148 valence electrons. The standard InChI is InChI=1S/C21H27N5O2/c1-13-22-18(24-23-13)5-6-19(28)26-12-17(15-3-2-4-16(27)11-15)21-20(26)14-7-9-25(21)10-8-14/h2-4,11,14,17,20-21,27H,5-10,12H2,1H3,(H,22,23,24)/t17-,20+,21+/m0/s1. The molecule has 4 fully saturated rings. The molecule has 1 aromatic heterocycles. The van der Waals surface area contributed by atoms with Gasteiger partial charge >= 0.3 is 0 Å². The van der Waals surface area contributed by atoms with E-state index in [1.807, 2.05) is 19.1 Å². The molecule has 0 aliphatic carbocycles. The Morgan fingerprint density at radius 3 is 2.82 bits per heavy atom. The van der Waals surface area contributed by atoms with E-state index in [9.17, 15) is 9.90 Å².